The molecule has 0 aliphatic heterocycles. The molecular formula is C12H17BrClNS. The van der Waals surface area contributed by atoms with Crippen LogP contribution in [-0.4, -0.2) is 17.5 Å². The van der Waals surface area contributed by atoms with E-state index in [4.69, 9.17) is 11.6 Å². The Balaban J connectivity index is 2.52. The topological polar surface area (TPSA) is 12.0 Å². The Morgan fingerprint density at radius 3 is 2.75 bits per heavy atom. The summed E-state index contributed by atoms with van der Waals surface area (Å²) in [4.78, 5) is 0. The third kappa shape index (κ3) is 4.66. The molecule has 1 N–H and O–H groups in total. The highest BCUT2D eigenvalue weighted by Crippen LogP contribution is 2.22. The van der Waals surface area contributed by atoms with Crippen LogP contribution in [0.4, 0.5) is 0 Å². The van der Waals surface area contributed by atoms with E-state index in [1.165, 1.54) is 0 Å². The maximum Gasteiger partial charge on any atom is 0.0451 e. The van der Waals surface area contributed by atoms with Crippen molar-refractivity contribution in [2.24, 2.45) is 0 Å². The highest BCUT2D eigenvalue weighted by atomic mass is 79.9. The van der Waals surface area contributed by atoms with E-state index in [0.29, 0.717) is 0 Å². The van der Waals surface area contributed by atoms with Crippen molar-refractivity contribution in [3.63, 3.8) is 0 Å². The summed E-state index contributed by atoms with van der Waals surface area (Å²) in [6.45, 7) is 6.24. The van der Waals surface area contributed by atoms with Gasteiger partial charge in [0.15, 0.2) is 0 Å². The molecule has 0 atom stereocenters. The number of rotatable bonds is 5. The summed E-state index contributed by atoms with van der Waals surface area (Å²) in [5, 5.41) is 4.25. The Morgan fingerprint density at radius 2 is 2.12 bits per heavy atom. The molecule has 0 spiro atoms. The van der Waals surface area contributed by atoms with Crippen molar-refractivity contribution in [3.8, 4) is 0 Å². The van der Waals surface area contributed by atoms with Gasteiger partial charge in [0.1, 0.15) is 0 Å². The fraction of sp³-hybridized carbons (Fsp3) is 0.500. The van der Waals surface area contributed by atoms with Crippen LogP contribution in [0.15, 0.2) is 22.7 Å². The van der Waals surface area contributed by atoms with Gasteiger partial charge >= 0.3 is 0 Å². The molecule has 1 nitrogen and oxygen atoms in total. The Morgan fingerprint density at radius 1 is 1.44 bits per heavy atom. The number of halogens is 2. The van der Waals surface area contributed by atoms with Gasteiger partial charge in [-0.3, -0.25) is 0 Å². The van der Waals surface area contributed by atoms with Crippen molar-refractivity contribution >= 4 is 39.3 Å². The van der Waals surface area contributed by atoms with Crippen LogP contribution in [0.5, 0.6) is 0 Å². The highest BCUT2D eigenvalue weighted by molar-refractivity contribution is 9.10. The summed E-state index contributed by atoms with van der Waals surface area (Å²) in [5.74, 6) is 0. The SMILES string of the molecule is CSC(C)(C)CNCc1cc(Br)ccc1Cl. The normalized spacial score (nSPS) is 11.8. The van der Waals surface area contributed by atoms with E-state index < -0.39 is 0 Å². The first kappa shape index (κ1) is 14.4. The maximum atomic E-state index is 6.11. The average Bonchev–Trinajstić information content (AvgIpc) is 2.23. The molecule has 0 radical (unpaired) electrons. The van der Waals surface area contributed by atoms with Crippen LogP contribution in [-0.2, 0) is 6.54 Å². The van der Waals surface area contributed by atoms with Crippen molar-refractivity contribution in [2.45, 2.75) is 25.1 Å². The van der Waals surface area contributed by atoms with E-state index in [0.717, 1.165) is 28.1 Å². The predicted octanol–water partition coefficient (Wildman–Crippen LogP) is 4.33. The average molecular weight is 323 g/mol. The van der Waals surface area contributed by atoms with Gasteiger partial charge in [-0.2, -0.15) is 11.8 Å². The molecule has 0 saturated heterocycles. The van der Waals surface area contributed by atoms with E-state index in [9.17, 15) is 0 Å². The quantitative estimate of drug-likeness (QED) is 0.866. The van der Waals surface area contributed by atoms with Gasteiger partial charge in [-0.15, -0.1) is 0 Å². The summed E-state index contributed by atoms with van der Waals surface area (Å²) in [6, 6.07) is 5.93. The minimum absolute atomic E-state index is 0.262. The van der Waals surface area contributed by atoms with E-state index in [1.807, 2.05) is 23.9 Å². The number of benzene rings is 1. The first-order valence-electron chi connectivity index (χ1n) is 5.14. The van der Waals surface area contributed by atoms with E-state index in [2.05, 4.69) is 47.4 Å². The number of hydrogen-bond acceptors (Lipinski definition) is 2. The van der Waals surface area contributed by atoms with Crippen molar-refractivity contribution in [1.29, 1.82) is 0 Å². The standard InChI is InChI=1S/C12H17BrClNS/c1-12(2,16-3)8-15-7-9-6-10(13)4-5-11(9)14/h4-6,15H,7-8H2,1-3H3. The molecule has 0 unspecified atom stereocenters. The predicted molar refractivity (Wildman–Crippen MR) is 78.5 cm³/mol. The lowest BCUT2D eigenvalue weighted by atomic mass is 10.2. The molecule has 1 rings (SSSR count). The van der Waals surface area contributed by atoms with Gasteiger partial charge < -0.3 is 5.32 Å². The fourth-order valence-corrected chi connectivity index (χ4v) is 2.09. The fourth-order valence-electron chi connectivity index (χ4n) is 1.25. The lowest BCUT2D eigenvalue weighted by molar-refractivity contribution is 0.591. The van der Waals surface area contributed by atoms with Gasteiger partial charge in [0.25, 0.3) is 0 Å². The zero-order valence-electron chi connectivity index (χ0n) is 9.81. The summed E-state index contributed by atoms with van der Waals surface area (Å²) in [5.41, 5.74) is 1.13. The number of hydrogen-bond donors (Lipinski definition) is 1. The zero-order chi connectivity index (χ0) is 12.2. The molecule has 0 fully saturated rings. The van der Waals surface area contributed by atoms with Crippen LogP contribution in [0.1, 0.15) is 19.4 Å². The van der Waals surface area contributed by atoms with E-state index in [1.54, 1.807) is 0 Å². The first-order valence-corrected chi connectivity index (χ1v) is 7.54. The Bertz CT molecular complexity index is 355. The lowest BCUT2D eigenvalue weighted by Gasteiger charge is -2.22. The second-order valence-corrected chi connectivity index (χ2v) is 7.14. The van der Waals surface area contributed by atoms with Crippen LogP contribution >= 0.6 is 39.3 Å². The van der Waals surface area contributed by atoms with E-state index in [-0.39, 0.29) is 4.75 Å². The second-order valence-electron chi connectivity index (χ2n) is 4.30. The van der Waals surface area contributed by atoms with Crippen LogP contribution in [0, 0.1) is 0 Å². The van der Waals surface area contributed by atoms with Gasteiger partial charge in [0.05, 0.1) is 0 Å². The molecule has 0 bridgehead atoms. The second kappa shape index (κ2) is 6.29. The molecule has 16 heavy (non-hydrogen) atoms. The van der Waals surface area contributed by atoms with Gasteiger partial charge in [-0.25, -0.2) is 0 Å². The number of nitrogens with one attached hydrogen (secondary N) is 1. The minimum Gasteiger partial charge on any atom is -0.311 e. The highest BCUT2D eigenvalue weighted by Gasteiger charge is 2.14. The summed E-state index contributed by atoms with van der Waals surface area (Å²) in [6.07, 6.45) is 2.13. The molecular weight excluding hydrogens is 306 g/mol. The van der Waals surface area contributed by atoms with Gasteiger partial charge in [-0.1, -0.05) is 27.5 Å². The molecule has 0 aromatic heterocycles. The lowest BCUT2D eigenvalue weighted by Crippen LogP contribution is -2.31. The maximum absolute atomic E-state index is 6.11. The first-order chi connectivity index (χ1) is 7.44. The smallest absolute Gasteiger partial charge is 0.0451 e. The van der Waals surface area contributed by atoms with Crippen molar-refractivity contribution in [1.82, 2.24) is 5.32 Å². The molecule has 1 aromatic rings. The summed E-state index contributed by atoms with van der Waals surface area (Å²) in [7, 11) is 0. The largest absolute Gasteiger partial charge is 0.311 e. The third-order valence-corrected chi connectivity index (χ3v) is 4.54. The zero-order valence-corrected chi connectivity index (χ0v) is 13.0. The Kier molecular flexibility index (Phi) is 5.65. The number of thioether (sulfide) groups is 1. The van der Waals surface area contributed by atoms with E-state index >= 15 is 0 Å². The van der Waals surface area contributed by atoms with Gasteiger partial charge in [-0.05, 0) is 43.9 Å². The van der Waals surface area contributed by atoms with Crippen molar-refractivity contribution < 1.29 is 0 Å². The van der Waals surface area contributed by atoms with Crippen molar-refractivity contribution in [2.75, 3.05) is 12.8 Å². The van der Waals surface area contributed by atoms with Crippen LogP contribution in [0.3, 0.4) is 0 Å². The molecule has 0 heterocycles. The third-order valence-electron chi connectivity index (χ3n) is 2.43. The molecule has 0 amide bonds. The monoisotopic (exact) mass is 321 g/mol. The van der Waals surface area contributed by atoms with Gasteiger partial charge in [0, 0.05) is 27.3 Å². The molecule has 0 aliphatic carbocycles. The van der Waals surface area contributed by atoms with Crippen LogP contribution in [0.2, 0.25) is 5.02 Å². The van der Waals surface area contributed by atoms with Crippen LogP contribution in [0.25, 0.3) is 0 Å². The van der Waals surface area contributed by atoms with Crippen molar-refractivity contribution in [3.05, 3.63) is 33.3 Å². The Hall–Kier alpha value is 0.300. The van der Waals surface area contributed by atoms with Gasteiger partial charge in [0.2, 0.25) is 0 Å². The van der Waals surface area contributed by atoms with Crippen LogP contribution < -0.4 is 5.32 Å². The molecule has 1 aromatic carbocycles. The molecule has 0 saturated carbocycles. The molecule has 4 heteroatoms. The molecule has 90 valence electrons. The summed E-state index contributed by atoms with van der Waals surface area (Å²) >= 11 is 11.4. The minimum atomic E-state index is 0.262. The summed E-state index contributed by atoms with van der Waals surface area (Å²) < 4.78 is 1.33. The Labute approximate surface area is 115 Å². The molecule has 0 aliphatic rings.